The van der Waals surface area contributed by atoms with Crippen LogP contribution >= 0.6 is 0 Å². The molecule has 0 aliphatic carbocycles. The number of rotatable bonds is 9. The van der Waals surface area contributed by atoms with Crippen molar-refractivity contribution in [3.05, 3.63) is 70.3 Å². The van der Waals surface area contributed by atoms with Gasteiger partial charge in [0.2, 0.25) is 11.7 Å². The third-order valence-electron chi connectivity index (χ3n) is 7.94. The fraction of sp³-hybridized carbons (Fsp3) is 0.438. The molecular formula is C32H38N4O7. The Labute approximate surface area is 250 Å². The van der Waals surface area contributed by atoms with E-state index in [4.69, 9.17) is 10.5 Å². The Bertz CT molecular complexity index is 1460. The van der Waals surface area contributed by atoms with Crippen molar-refractivity contribution in [1.29, 1.82) is 0 Å². The monoisotopic (exact) mass is 590 g/mol. The second kappa shape index (κ2) is 12.5. The molecule has 11 nitrogen and oxygen atoms in total. The number of ketones is 1. The third-order valence-corrected chi connectivity index (χ3v) is 7.94. The molecule has 1 unspecified atom stereocenters. The first kappa shape index (κ1) is 31.6. The fourth-order valence-electron chi connectivity index (χ4n) is 5.09. The number of nitrogens with two attached hydrogens (primary N) is 1. The van der Waals surface area contributed by atoms with Crippen LogP contribution in [0, 0.1) is 5.92 Å². The van der Waals surface area contributed by atoms with Crippen LogP contribution in [0.1, 0.15) is 84.9 Å². The summed E-state index contributed by atoms with van der Waals surface area (Å²) < 4.78 is 5.14. The molecule has 11 heteroatoms. The number of amides is 4. The number of hydrogen-bond donors (Lipinski definition) is 2. The summed E-state index contributed by atoms with van der Waals surface area (Å²) in [7, 11) is 0. The molecule has 228 valence electrons. The van der Waals surface area contributed by atoms with Crippen LogP contribution in [-0.4, -0.2) is 64.0 Å². The van der Waals surface area contributed by atoms with Gasteiger partial charge in [-0.3, -0.25) is 28.8 Å². The Kier molecular flexibility index (Phi) is 9.15. The lowest BCUT2D eigenvalue weighted by Crippen LogP contribution is -2.55. The topological polar surface area (TPSA) is 156 Å². The van der Waals surface area contributed by atoms with E-state index in [9.17, 15) is 28.8 Å². The number of piperidine rings is 1. The van der Waals surface area contributed by atoms with E-state index < -0.39 is 48.3 Å². The molecule has 0 bridgehead atoms. The summed E-state index contributed by atoms with van der Waals surface area (Å²) >= 11 is 0. The summed E-state index contributed by atoms with van der Waals surface area (Å²) in [5, 5.41) is 2.65. The van der Waals surface area contributed by atoms with Crippen LogP contribution in [0.4, 0.5) is 0 Å². The Balaban J connectivity index is 1.42. The molecule has 4 amide bonds. The zero-order valence-corrected chi connectivity index (χ0v) is 25.1. The van der Waals surface area contributed by atoms with Crippen molar-refractivity contribution < 1.29 is 33.5 Å². The van der Waals surface area contributed by atoms with Crippen molar-refractivity contribution in [1.82, 2.24) is 15.1 Å². The molecule has 1 saturated heterocycles. The number of hydrogen-bond acceptors (Lipinski definition) is 8. The molecule has 2 aliphatic heterocycles. The van der Waals surface area contributed by atoms with Crippen molar-refractivity contribution >= 4 is 35.4 Å². The molecule has 4 rings (SSSR count). The highest BCUT2D eigenvalue weighted by molar-refractivity contribution is 6.42. The van der Waals surface area contributed by atoms with Crippen molar-refractivity contribution in [2.75, 3.05) is 6.73 Å². The van der Waals surface area contributed by atoms with Crippen LogP contribution in [0.25, 0.3) is 0 Å². The van der Waals surface area contributed by atoms with Gasteiger partial charge in [0, 0.05) is 30.6 Å². The number of esters is 1. The minimum absolute atomic E-state index is 0.00419. The molecule has 0 spiro atoms. The molecular weight excluding hydrogens is 552 g/mol. The van der Waals surface area contributed by atoms with Crippen LogP contribution in [0.2, 0.25) is 0 Å². The number of carbonyl (C=O) groups excluding carboxylic acids is 6. The highest BCUT2D eigenvalue weighted by Gasteiger charge is 2.43. The number of benzene rings is 2. The van der Waals surface area contributed by atoms with Crippen LogP contribution in [0.15, 0.2) is 42.5 Å². The van der Waals surface area contributed by atoms with Gasteiger partial charge in [-0.05, 0) is 40.5 Å². The van der Waals surface area contributed by atoms with Crippen LogP contribution in [-0.2, 0) is 42.4 Å². The van der Waals surface area contributed by atoms with E-state index in [2.05, 4.69) is 26.1 Å². The van der Waals surface area contributed by atoms with Gasteiger partial charge in [-0.25, -0.2) is 4.90 Å². The van der Waals surface area contributed by atoms with E-state index >= 15 is 0 Å². The van der Waals surface area contributed by atoms with Crippen molar-refractivity contribution in [3.63, 3.8) is 0 Å². The molecule has 0 saturated carbocycles. The van der Waals surface area contributed by atoms with E-state index in [1.165, 1.54) is 4.90 Å². The fourth-order valence-corrected chi connectivity index (χ4v) is 5.09. The highest BCUT2D eigenvalue weighted by Crippen LogP contribution is 2.31. The van der Waals surface area contributed by atoms with Crippen LogP contribution in [0.3, 0.4) is 0 Å². The maximum atomic E-state index is 13.4. The van der Waals surface area contributed by atoms with E-state index in [1.807, 2.05) is 12.1 Å². The summed E-state index contributed by atoms with van der Waals surface area (Å²) in [6.45, 7) is 9.18. The Morgan fingerprint density at radius 2 is 1.72 bits per heavy atom. The van der Waals surface area contributed by atoms with Gasteiger partial charge in [-0.2, -0.15) is 0 Å². The molecule has 3 N–H and O–H groups in total. The van der Waals surface area contributed by atoms with Gasteiger partial charge in [0.1, 0.15) is 12.1 Å². The lowest BCUT2D eigenvalue weighted by atomic mass is 9.86. The predicted octanol–water partition coefficient (Wildman–Crippen LogP) is 2.44. The van der Waals surface area contributed by atoms with Gasteiger partial charge in [0.05, 0.1) is 0 Å². The summed E-state index contributed by atoms with van der Waals surface area (Å²) in [5.41, 5.74) is 8.66. The molecule has 43 heavy (non-hydrogen) atoms. The number of carbonyl (C=O) groups is 6. The second-order valence-electron chi connectivity index (χ2n) is 12.3. The van der Waals surface area contributed by atoms with E-state index in [0.717, 1.165) is 10.5 Å². The van der Waals surface area contributed by atoms with Crippen molar-refractivity contribution in [3.8, 4) is 0 Å². The number of nitrogens with zero attached hydrogens (tertiary/aromatic N) is 2. The largest absolute Gasteiger partial charge is 0.443 e. The first-order chi connectivity index (χ1) is 20.2. The average Bonchev–Trinajstić information content (AvgIpc) is 3.30. The number of Topliss-reactive ketones (excluding diaryl/α,β-unsaturated/α-hetero) is 1. The summed E-state index contributed by atoms with van der Waals surface area (Å²) in [5.74, 6) is -3.88. The quantitative estimate of drug-likeness (QED) is 0.195. The lowest BCUT2D eigenvalue weighted by Gasteiger charge is -2.35. The van der Waals surface area contributed by atoms with Gasteiger partial charge in [-0.15, -0.1) is 0 Å². The SMILES string of the molecule is CC(C)[C@@H](N)C(=O)OCN1C(=O)CCC(N2Cc3c(CNC(=O)C(=O)c4ccc(C(C)(C)C)cc4)cccc3C2=O)C1=O. The maximum Gasteiger partial charge on any atom is 0.324 e. The molecule has 0 aromatic heterocycles. The minimum atomic E-state index is -0.935. The van der Waals surface area contributed by atoms with E-state index in [-0.39, 0.29) is 48.7 Å². The third kappa shape index (κ3) is 6.67. The molecule has 1 fully saturated rings. The number of imide groups is 1. The van der Waals surface area contributed by atoms with Crippen molar-refractivity contribution in [2.24, 2.45) is 11.7 Å². The van der Waals surface area contributed by atoms with Gasteiger partial charge in [-0.1, -0.05) is 71.0 Å². The van der Waals surface area contributed by atoms with Crippen LogP contribution < -0.4 is 11.1 Å². The number of nitrogens with one attached hydrogen (secondary N) is 1. The standard InChI is InChI=1S/C32H38N4O7/c1-18(2)26(33)31(42)43-17-36-25(37)14-13-24(30(36)41)35-16-23-20(7-6-8-22(23)29(35)40)15-34-28(39)27(38)19-9-11-21(12-10-19)32(3,4)5/h6-12,18,24,26H,13-17,33H2,1-5H3,(H,34,39)/t24?,26-/m1/s1. The Hall–Kier alpha value is -4.38. The van der Waals surface area contributed by atoms with Gasteiger partial charge < -0.3 is 20.7 Å². The zero-order chi connectivity index (χ0) is 31.6. The summed E-state index contributed by atoms with van der Waals surface area (Å²) in [6, 6.07) is 10.1. The smallest absolute Gasteiger partial charge is 0.324 e. The molecule has 0 radical (unpaired) electrons. The molecule has 2 aromatic rings. The summed E-state index contributed by atoms with van der Waals surface area (Å²) in [4.78, 5) is 79.1. The minimum Gasteiger partial charge on any atom is -0.443 e. The molecule has 2 atom stereocenters. The first-order valence-corrected chi connectivity index (χ1v) is 14.3. The normalized spacial score (nSPS) is 17.7. The van der Waals surface area contributed by atoms with E-state index in [1.54, 1.807) is 44.2 Å². The van der Waals surface area contributed by atoms with Crippen LogP contribution in [0.5, 0.6) is 0 Å². The Morgan fingerprint density at radius 1 is 1.05 bits per heavy atom. The number of ether oxygens (including phenoxy) is 1. The predicted molar refractivity (Wildman–Crippen MR) is 156 cm³/mol. The molecule has 2 heterocycles. The van der Waals surface area contributed by atoms with Gasteiger partial charge >= 0.3 is 5.97 Å². The lowest BCUT2D eigenvalue weighted by molar-refractivity contribution is -0.165. The van der Waals surface area contributed by atoms with Gasteiger partial charge in [0.15, 0.2) is 6.73 Å². The second-order valence-corrected chi connectivity index (χ2v) is 12.3. The summed E-state index contributed by atoms with van der Waals surface area (Å²) in [6.07, 6.45) is 0.119. The average molecular weight is 591 g/mol. The number of likely N-dealkylation sites (tertiary alicyclic amines) is 1. The van der Waals surface area contributed by atoms with E-state index in [0.29, 0.717) is 16.7 Å². The highest BCUT2D eigenvalue weighted by atomic mass is 16.5. The molecule has 2 aromatic carbocycles. The van der Waals surface area contributed by atoms with Crippen molar-refractivity contribution in [2.45, 2.75) is 78.0 Å². The number of fused-ring (bicyclic) bond motifs is 1. The molecule has 2 aliphatic rings. The first-order valence-electron chi connectivity index (χ1n) is 14.3. The zero-order valence-electron chi connectivity index (χ0n) is 25.1. The van der Waals surface area contributed by atoms with Gasteiger partial charge in [0.25, 0.3) is 17.7 Å². The Morgan fingerprint density at radius 3 is 2.35 bits per heavy atom. The maximum absolute atomic E-state index is 13.4.